The minimum atomic E-state index is -0.613. The topological polar surface area (TPSA) is 123 Å². The lowest BCUT2D eigenvalue weighted by Gasteiger charge is -2.10. The van der Waals surface area contributed by atoms with Gasteiger partial charge in [-0.15, -0.1) is 0 Å². The first-order chi connectivity index (χ1) is 13.0. The number of nitrogens with two attached hydrogens (primary N) is 1. The number of methoxy groups -OCH3 is 1. The highest BCUT2D eigenvalue weighted by molar-refractivity contribution is 6.03. The highest BCUT2D eigenvalue weighted by Gasteiger charge is 2.10. The molecular formula is C19H22N4O4. The van der Waals surface area contributed by atoms with Gasteiger partial charge in [0.05, 0.1) is 24.4 Å². The Bertz CT molecular complexity index is 806. The Kier molecular flexibility index (Phi) is 7.33. The van der Waals surface area contributed by atoms with Crippen LogP contribution in [0.2, 0.25) is 0 Å². The molecule has 142 valence electrons. The average Bonchev–Trinajstić information content (AvgIpc) is 2.67. The molecule has 2 rings (SSSR count). The number of nitrogens with one attached hydrogen (secondary N) is 3. The van der Waals surface area contributed by atoms with Crippen LogP contribution in [0.15, 0.2) is 48.5 Å². The van der Waals surface area contributed by atoms with Crippen LogP contribution in [-0.4, -0.2) is 44.5 Å². The fourth-order valence-corrected chi connectivity index (χ4v) is 2.29. The van der Waals surface area contributed by atoms with Crippen molar-refractivity contribution in [3.63, 3.8) is 0 Å². The second-order valence-electron chi connectivity index (χ2n) is 5.64. The van der Waals surface area contributed by atoms with Gasteiger partial charge in [-0.25, -0.2) is 0 Å². The number of carbonyl (C=O) groups is 3. The lowest BCUT2D eigenvalue weighted by atomic mass is 10.1. The number of rotatable bonds is 9. The van der Waals surface area contributed by atoms with Gasteiger partial charge in [-0.2, -0.15) is 0 Å². The van der Waals surface area contributed by atoms with Gasteiger partial charge in [0, 0.05) is 24.9 Å². The van der Waals surface area contributed by atoms with Gasteiger partial charge in [-0.05, 0) is 36.4 Å². The molecule has 0 saturated carbocycles. The Balaban J connectivity index is 1.87. The molecule has 0 bridgehead atoms. The molecule has 0 fully saturated rings. The second kappa shape index (κ2) is 9.93. The molecule has 8 nitrogen and oxygen atoms in total. The zero-order valence-corrected chi connectivity index (χ0v) is 15.0. The standard InChI is InChI=1S/C19H22N4O4/c1-27-11-10-21-19(26)13-6-8-14(9-7-13)22-12-17(24)23-16-5-3-2-4-15(16)18(20)25/h2-9,22H,10-12H2,1H3,(H2,20,25)(H,21,26)(H,23,24). The first kappa shape index (κ1) is 19.9. The lowest BCUT2D eigenvalue weighted by Crippen LogP contribution is -2.27. The first-order valence-corrected chi connectivity index (χ1v) is 8.31. The third-order valence-electron chi connectivity index (χ3n) is 3.66. The van der Waals surface area contributed by atoms with Crippen molar-refractivity contribution in [2.75, 3.05) is 37.4 Å². The molecular weight excluding hydrogens is 348 g/mol. The number of ether oxygens (including phenoxy) is 1. The third kappa shape index (κ3) is 6.12. The molecule has 0 aromatic heterocycles. The molecule has 0 radical (unpaired) electrons. The van der Waals surface area contributed by atoms with E-state index in [2.05, 4.69) is 16.0 Å². The van der Waals surface area contributed by atoms with Crippen LogP contribution in [0.4, 0.5) is 11.4 Å². The summed E-state index contributed by atoms with van der Waals surface area (Å²) in [6.45, 7) is 0.869. The van der Waals surface area contributed by atoms with Gasteiger partial charge in [0.2, 0.25) is 5.91 Å². The minimum Gasteiger partial charge on any atom is -0.383 e. The van der Waals surface area contributed by atoms with E-state index in [1.54, 1.807) is 55.6 Å². The zero-order valence-electron chi connectivity index (χ0n) is 15.0. The maximum atomic E-state index is 12.1. The van der Waals surface area contributed by atoms with E-state index in [-0.39, 0.29) is 23.9 Å². The van der Waals surface area contributed by atoms with E-state index >= 15 is 0 Å². The SMILES string of the molecule is COCCNC(=O)c1ccc(NCC(=O)Nc2ccccc2C(N)=O)cc1. The number of hydrogen-bond donors (Lipinski definition) is 4. The predicted octanol–water partition coefficient (Wildman–Crippen LogP) is 1.21. The molecule has 0 unspecified atom stereocenters. The summed E-state index contributed by atoms with van der Waals surface area (Å²) in [6.07, 6.45) is 0. The Morgan fingerprint density at radius 1 is 1.04 bits per heavy atom. The molecule has 27 heavy (non-hydrogen) atoms. The summed E-state index contributed by atoms with van der Waals surface area (Å²) >= 11 is 0. The van der Waals surface area contributed by atoms with E-state index in [9.17, 15) is 14.4 Å². The molecule has 3 amide bonds. The fourth-order valence-electron chi connectivity index (χ4n) is 2.29. The first-order valence-electron chi connectivity index (χ1n) is 8.31. The van der Waals surface area contributed by atoms with Crippen LogP contribution in [0.3, 0.4) is 0 Å². The summed E-state index contributed by atoms with van der Waals surface area (Å²) in [5, 5.41) is 8.32. The largest absolute Gasteiger partial charge is 0.383 e. The van der Waals surface area contributed by atoms with Crippen molar-refractivity contribution in [1.82, 2.24) is 5.32 Å². The summed E-state index contributed by atoms with van der Waals surface area (Å²) in [6, 6.07) is 13.2. The molecule has 0 aliphatic heterocycles. The quantitative estimate of drug-likeness (QED) is 0.494. The Morgan fingerprint density at radius 3 is 2.41 bits per heavy atom. The van der Waals surface area contributed by atoms with Crippen molar-refractivity contribution in [2.45, 2.75) is 0 Å². The minimum absolute atomic E-state index is 0.00746. The van der Waals surface area contributed by atoms with Gasteiger partial charge >= 0.3 is 0 Å². The summed E-state index contributed by atoms with van der Waals surface area (Å²) in [5.41, 5.74) is 7.09. The molecule has 0 heterocycles. The van der Waals surface area contributed by atoms with Crippen molar-refractivity contribution >= 4 is 29.1 Å². The van der Waals surface area contributed by atoms with E-state index in [0.717, 1.165) is 0 Å². The number of hydrogen-bond acceptors (Lipinski definition) is 5. The molecule has 0 spiro atoms. The van der Waals surface area contributed by atoms with Crippen LogP contribution >= 0.6 is 0 Å². The molecule has 8 heteroatoms. The van der Waals surface area contributed by atoms with Gasteiger partial charge in [0.15, 0.2) is 0 Å². The Morgan fingerprint density at radius 2 is 1.74 bits per heavy atom. The number of anilines is 2. The maximum Gasteiger partial charge on any atom is 0.251 e. The molecule has 2 aromatic carbocycles. The van der Waals surface area contributed by atoms with Crippen molar-refractivity contribution in [3.8, 4) is 0 Å². The second-order valence-corrected chi connectivity index (χ2v) is 5.64. The van der Waals surface area contributed by atoms with Crippen LogP contribution in [0.5, 0.6) is 0 Å². The van der Waals surface area contributed by atoms with E-state index < -0.39 is 5.91 Å². The molecule has 0 aliphatic rings. The summed E-state index contributed by atoms with van der Waals surface area (Å²) in [4.78, 5) is 35.3. The van der Waals surface area contributed by atoms with Gasteiger partial charge in [-0.3, -0.25) is 14.4 Å². The van der Waals surface area contributed by atoms with Crippen molar-refractivity contribution in [3.05, 3.63) is 59.7 Å². The highest BCUT2D eigenvalue weighted by atomic mass is 16.5. The Labute approximate surface area is 157 Å². The molecule has 5 N–H and O–H groups in total. The van der Waals surface area contributed by atoms with E-state index in [0.29, 0.717) is 30.1 Å². The fraction of sp³-hybridized carbons (Fsp3) is 0.211. The Hall–Kier alpha value is -3.39. The molecule has 0 aliphatic carbocycles. The van der Waals surface area contributed by atoms with Crippen LogP contribution in [-0.2, 0) is 9.53 Å². The van der Waals surface area contributed by atoms with Crippen LogP contribution < -0.4 is 21.7 Å². The van der Waals surface area contributed by atoms with E-state index in [1.807, 2.05) is 0 Å². The lowest BCUT2D eigenvalue weighted by molar-refractivity contribution is -0.114. The molecule has 2 aromatic rings. The third-order valence-corrected chi connectivity index (χ3v) is 3.66. The number of carbonyl (C=O) groups excluding carboxylic acids is 3. The van der Waals surface area contributed by atoms with E-state index in [1.165, 1.54) is 0 Å². The normalized spacial score (nSPS) is 10.1. The average molecular weight is 370 g/mol. The van der Waals surface area contributed by atoms with Gasteiger partial charge in [-0.1, -0.05) is 12.1 Å². The highest BCUT2D eigenvalue weighted by Crippen LogP contribution is 2.14. The summed E-state index contributed by atoms with van der Waals surface area (Å²) in [5.74, 6) is -1.14. The zero-order chi connectivity index (χ0) is 19.6. The number of benzene rings is 2. The number of para-hydroxylation sites is 1. The van der Waals surface area contributed by atoms with E-state index in [4.69, 9.17) is 10.5 Å². The van der Waals surface area contributed by atoms with Gasteiger partial charge < -0.3 is 26.4 Å². The van der Waals surface area contributed by atoms with Gasteiger partial charge in [0.1, 0.15) is 0 Å². The maximum absolute atomic E-state index is 12.1. The van der Waals surface area contributed by atoms with Crippen LogP contribution in [0.1, 0.15) is 20.7 Å². The summed E-state index contributed by atoms with van der Waals surface area (Å²) < 4.78 is 4.88. The molecule has 0 saturated heterocycles. The van der Waals surface area contributed by atoms with Gasteiger partial charge in [0.25, 0.3) is 11.8 Å². The van der Waals surface area contributed by atoms with Crippen molar-refractivity contribution in [1.29, 1.82) is 0 Å². The smallest absolute Gasteiger partial charge is 0.251 e. The number of primary amides is 1. The van der Waals surface area contributed by atoms with Crippen molar-refractivity contribution < 1.29 is 19.1 Å². The summed E-state index contributed by atoms with van der Waals surface area (Å²) in [7, 11) is 1.56. The number of amides is 3. The van der Waals surface area contributed by atoms with Crippen molar-refractivity contribution in [2.24, 2.45) is 5.73 Å². The van der Waals surface area contributed by atoms with Crippen LogP contribution in [0, 0.1) is 0 Å². The molecule has 0 atom stereocenters. The van der Waals surface area contributed by atoms with Crippen LogP contribution in [0.25, 0.3) is 0 Å². The monoisotopic (exact) mass is 370 g/mol. The predicted molar refractivity (Wildman–Crippen MR) is 103 cm³/mol.